The Kier molecular flexibility index (Phi) is 5.40. The van der Waals surface area contributed by atoms with E-state index in [0.29, 0.717) is 11.5 Å². The zero-order valence-corrected chi connectivity index (χ0v) is 18.5. The van der Waals surface area contributed by atoms with E-state index < -0.39 is 0 Å². The van der Waals surface area contributed by atoms with Gasteiger partial charge in [-0.2, -0.15) is 5.10 Å². The molecule has 1 fully saturated rings. The Bertz CT molecular complexity index is 1200. The number of nitrogens with zero attached hydrogens (tertiary/aromatic N) is 5. The Labute approximate surface area is 185 Å². The molecule has 3 heterocycles. The van der Waals surface area contributed by atoms with Crippen molar-refractivity contribution in [2.75, 3.05) is 0 Å². The van der Waals surface area contributed by atoms with Crippen molar-refractivity contribution in [2.45, 2.75) is 77.3 Å². The summed E-state index contributed by atoms with van der Waals surface area (Å²) < 4.78 is 8.72. The normalized spacial score (nSPS) is 20.7. The molecule has 0 spiro atoms. The van der Waals surface area contributed by atoms with Gasteiger partial charge in [0.1, 0.15) is 5.76 Å². The van der Waals surface area contributed by atoms with Crippen LogP contribution in [0.25, 0.3) is 5.82 Å². The number of aryl methyl sites for hydroxylation is 3. The molecule has 1 N–H and O–H groups in total. The van der Waals surface area contributed by atoms with Crippen LogP contribution in [0.2, 0.25) is 0 Å². The van der Waals surface area contributed by atoms with E-state index in [1.807, 2.05) is 19.9 Å². The van der Waals surface area contributed by atoms with Gasteiger partial charge < -0.3 is 9.84 Å². The summed E-state index contributed by atoms with van der Waals surface area (Å²) in [6.07, 6.45) is 6.99. The first-order chi connectivity index (χ1) is 15.5. The van der Waals surface area contributed by atoms with E-state index >= 15 is 0 Å². The number of hydrogen-bond acceptors (Lipinski definition) is 6. The van der Waals surface area contributed by atoms with Crippen molar-refractivity contribution in [3.8, 4) is 5.82 Å². The molecule has 0 aliphatic heterocycles. The molecule has 3 aromatic heterocycles. The predicted octanol–water partition coefficient (Wildman–Crippen LogP) is 2.83. The lowest BCUT2D eigenvalue weighted by Gasteiger charge is -2.29. The van der Waals surface area contributed by atoms with Gasteiger partial charge in [0.05, 0.1) is 11.7 Å². The largest absolute Gasteiger partial charge is 0.360 e. The first-order valence-electron chi connectivity index (χ1n) is 11.4. The van der Waals surface area contributed by atoms with Crippen LogP contribution in [0.3, 0.4) is 0 Å². The molecule has 0 saturated heterocycles. The number of amides is 1. The molecule has 9 heteroatoms. The van der Waals surface area contributed by atoms with Crippen LogP contribution in [0, 0.1) is 13.8 Å². The Balaban J connectivity index is 1.25. The van der Waals surface area contributed by atoms with Gasteiger partial charge in [0, 0.05) is 29.8 Å². The number of fused-ring (bicyclic) bond motifs is 1. The fraction of sp³-hybridized carbons (Fsp3) is 0.522. The third kappa shape index (κ3) is 3.87. The summed E-state index contributed by atoms with van der Waals surface area (Å²) >= 11 is 0. The summed E-state index contributed by atoms with van der Waals surface area (Å²) in [6, 6.07) is 5.32. The third-order valence-corrected chi connectivity index (χ3v) is 6.58. The van der Waals surface area contributed by atoms with E-state index in [1.54, 1.807) is 21.5 Å². The van der Waals surface area contributed by atoms with Crippen LogP contribution in [0.1, 0.15) is 77.8 Å². The summed E-state index contributed by atoms with van der Waals surface area (Å²) in [5.74, 6) is 1.35. The lowest BCUT2D eigenvalue weighted by Crippen LogP contribution is -2.40. The van der Waals surface area contributed by atoms with Gasteiger partial charge in [-0.3, -0.25) is 9.59 Å². The molecule has 0 aromatic carbocycles. The quantitative estimate of drug-likeness (QED) is 0.674. The zero-order valence-electron chi connectivity index (χ0n) is 18.5. The highest BCUT2D eigenvalue weighted by atomic mass is 16.5. The number of hydrogen-bond donors (Lipinski definition) is 1. The molecule has 1 amide bonds. The molecule has 0 radical (unpaired) electrons. The average Bonchev–Trinajstić information content (AvgIpc) is 3.37. The van der Waals surface area contributed by atoms with Gasteiger partial charge in [0.2, 0.25) is 0 Å². The van der Waals surface area contributed by atoms with Gasteiger partial charge in [-0.05, 0) is 70.9 Å². The Morgan fingerprint density at radius 2 is 1.88 bits per heavy atom. The number of rotatable bonds is 4. The van der Waals surface area contributed by atoms with Gasteiger partial charge in [0.15, 0.2) is 11.5 Å². The van der Waals surface area contributed by atoms with Gasteiger partial charge in [-0.15, -0.1) is 5.10 Å². The van der Waals surface area contributed by atoms with Crippen molar-refractivity contribution in [1.82, 2.24) is 30.0 Å². The second kappa shape index (κ2) is 8.37. The highest BCUT2D eigenvalue weighted by Gasteiger charge is 2.29. The SMILES string of the molecule is Cc1cc(C)n(-c2ccc(=O)n(C3CCC(NC(=O)c4noc5c4CCCC5)CC3)n2)n1. The standard InChI is InChI=1S/C23H28N6O3/c1-14-13-15(2)28(25-14)20-11-12-21(30)29(26-20)17-9-7-16(8-10-17)24-23(31)22-18-5-3-4-6-19(18)32-27-22/h11-13,16-17H,3-10H2,1-2H3,(H,24,31). The third-order valence-electron chi connectivity index (χ3n) is 6.58. The molecule has 3 aromatic rings. The smallest absolute Gasteiger partial charge is 0.273 e. The second-order valence-electron chi connectivity index (χ2n) is 8.93. The fourth-order valence-corrected chi connectivity index (χ4v) is 4.93. The summed E-state index contributed by atoms with van der Waals surface area (Å²) in [5, 5.41) is 16.2. The zero-order chi connectivity index (χ0) is 22.2. The monoisotopic (exact) mass is 436 g/mol. The summed E-state index contributed by atoms with van der Waals surface area (Å²) in [5.41, 5.74) is 3.18. The highest BCUT2D eigenvalue weighted by Crippen LogP contribution is 2.28. The van der Waals surface area contributed by atoms with Crippen molar-refractivity contribution in [3.63, 3.8) is 0 Å². The number of aromatic nitrogens is 5. The number of carbonyl (C=O) groups excluding carboxylic acids is 1. The maximum absolute atomic E-state index is 12.8. The summed E-state index contributed by atoms with van der Waals surface area (Å²) in [6.45, 7) is 3.90. The Morgan fingerprint density at radius 3 is 2.62 bits per heavy atom. The van der Waals surface area contributed by atoms with Crippen LogP contribution in [0.15, 0.2) is 27.5 Å². The molecule has 0 unspecified atom stereocenters. The van der Waals surface area contributed by atoms with Crippen molar-refractivity contribution >= 4 is 5.91 Å². The Morgan fingerprint density at radius 1 is 1.09 bits per heavy atom. The van der Waals surface area contributed by atoms with Gasteiger partial charge in [-0.25, -0.2) is 9.36 Å². The predicted molar refractivity (Wildman–Crippen MR) is 117 cm³/mol. The van der Waals surface area contributed by atoms with Crippen molar-refractivity contribution in [1.29, 1.82) is 0 Å². The van der Waals surface area contributed by atoms with Crippen LogP contribution in [-0.4, -0.2) is 36.7 Å². The summed E-state index contributed by atoms with van der Waals surface area (Å²) in [4.78, 5) is 25.3. The minimum atomic E-state index is -0.151. The second-order valence-corrected chi connectivity index (χ2v) is 8.93. The molecule has 2 aliphatic rings. The van der Waals surface area contributed by atoms with Crippen molar-refractivity contribution < 1.29 is 9.32 Å². The molecule has 168 valence electrons. The molecular weight excluding hydrogens is 408 g/mol. The topological polar surface area (TPSA) is 108 Å². The fourth-order valence-electron chi connectivity index (χ4n) is 4.93. The van der Waals surface area contributed by atoms with Gasteiger partial charge in [0.25, 0.3) is 11.5 Å². The van der Waals surface area contributed by atoms with Crippen LogP contribution < -0.4 is 10.9 Å². The lowest BCUT2D eigenvalue weighted by molar-refractivity contribution is 0.0911. The van der Waals surface area contributed by atoms with Crippen molar-refractivity contribution in [3.05, 3.63) is 57.0 Å². The average molecular weight is 437 g/mol. The van der Waals surface area contributed by atoms with E-state index in [9.17, 15) is 9.59 Å². The minimum absolute atomic E-state index is 0.00683. The Hall–Kier alpha value is -3.23. The maximum atomic E-state index is 12.8. The van der Waals surface area contributed by atoms with Gasteiger partial charge >= 0.3 is 0 Å². The van der Waals surface area contributed by atoms with E-state index in [2.05, 4.69) is 20.7 Å². The van der Waals surface area contributed by atoms with Crippen molar-refractivity contribution in [2.24, 2.45) is 0 Å². The lowest BCUT2D eigenvalue weighted by atomic mass is 9.90. The summed E-state index contributed by atoms with van der Waals surface area (Å²) in [7, 11) is 0. The highest BCUT2D eigenvalue weighted by molar-refractivity contribution is 5.94. The molecule has 32 heavy (non-hydrogen) atoms. The van der Waals surface area contributed by atoms with Crippen LogP contribution in [0.4, 0.5) is 0 Å². The number of nitrogens with one attached hydrogen (secondary N) is 1. The molecule has 1 saturated carbocycles. The van der Waals surface area contributed by atoms with E-state index in [-0.39, 0.29) is 23.6 Å². The first-order valence-corrected chi connectivity index (χ1v) is 11.4. The molecule has 0 bridgehead atoms. The molecular formula is C23H28N6O3. The van der Waals surface area contributed by atoms with E-state index in [4.69, 9.17) is 4.52 Å². The number of carbonyl (C=O) groups is 1. The van der Waals surface area contributed by atoms with Crippen LogP contribution in [-0.2, 0) is 12.8 Å². The first kappa shape index (κ1) is 20.7. The van der Waals surface area contributed by atoms with E-state index in [0.717, 1.165) is 74.1 Å². The molecule has 2 aliphatic carbocycles. The minimum Gasteiger partial charge on any atom is -0.360 e. The van der Waals surface area contributed by atoms with Crippen LogP contribution in [0.5, 0.6) is 0 Å². The molecule has 9 nitrogen and oxygen atoms in total. The maximum Gasteiger partial charge on any atom is 0.273 e. The van der Waals surface area contributed by atoms with E-state index in [1.165, 1.54) is 0 Å². The van der Waals surface area contributed by atoms with Crippen LogP contribution >= 0.6 is 0 Å². The van der Waals surface area contributed by atoms with Gasteiger partial charge in [-0.1, -0.05) is 5.16 Å². The molecule has 0 atom stereocenters. The molecule has 5 rings (SSSR count).